The maximum absolute atomic E-state index is 6.34. The highest BCUT2D eigenvalue weighted by molar-refractivity contribution is 5.75. The number of rotatable bonds is 5. The summed E-state index contributed by atoms with van der Waals surface area (Å²) in [6, 6.07) is 15.3. The maximum atomic E-state index is 6.34. The number of nitrogens with zero attached hydrogens (tertiary/aromatic N) is 3. The van der Waals surface area contributed by atoms with Gasteiger partial charge < -0.3 is 9.30 Å². The van der Waals surface area contributed by atoms with Crippen molar-refractivity contribution in [1.29, 1.82) is 0 Å². The summed E-state index contributed by atoms with van der Waals surface area (Å²) in [6.45, 7) is 10.2. The van der Waals surface area contributed by atoms with Gasteiger partial charge in [-0.1, -0.05) is 55.8 Å². The minimum absolute atomic E-state index is 0.428. The number of aromatic nitrogens is 3. The van der Waals surface area contributed by atoms with Crippen LogP contribution in [0.1, 0.15) is 60.7 Å². The van der Waals surface area contributed by atoms with Crippen LogP contribution in [0.5, 0.6) is 5.75 Å². The molecule has 1 aliphatic heterocycles. The molecule has 0 aliphatic carbocycles. The Morgan fingerprint density at radius 2 is 1.77 bits per heavy atom. The monoisotopic (exact) mass is 413 g/mol. The van der Waals surface area contributed by atoms with Crippen LogP contribution in [0.4, 0.5) is 0 Å². The molecule has 0 radical (unpaired) electrons. The van der Waals surface area contributed by atoms with Crippen molar-refractivity contribution in [1.82, 2.24) is 14.2 Å². The second-order valence-corrected chi connectivity index (χ2v) is 9.17. The predicted octanol–water partition coefficient (Wildman–Crippen LogP) is 6.46. The summed E-state index contributed by atoms with van der Waals surface area (Å²) in [4.78, 5) is 0. The summed E-state index contributed by atoms with van der Waals surface area (Å²) < 4.78 is 10.8. The van der Waals surface area contributed by atoms with Crippen molar-refractivity contribution in [3.63, 3.8) is 0 Å². The van der Waals surface area contributed by atoms with Gasteiger partial charge >= 0.3 is 0 Å². The van der Waals surface area contributed by atoms with Gasteiger partial charge in [-0.3, -0.25) is 0 Å². The van der Waals surface area contributed by atoms with Gasteiger partial charge in [-0.05, 0) is 61.8 Å². The molecule has 0 saturated heterocycles. The molecule has 0 N–H and O–H groups in total. The zero-order valence-corrected chi connectivity index (χ0v) is 19.0. The average molecular weight is 414 g/mol. The van der Waals surface area contributed by atoms with Gasteiger partial charge in [-0.25, -0.2) is 4.52 Å². The normalized spacial score (nSPS) is 13.7. The van der Waals surface area contributed by atoms with Gasteiger partial charge in [0.1, 0.15) is 18.0 Å². The van der Waals surface area contributed by atoms with Crippen molar-refractivity contribution in [2.45, 2.75) is 66.0 Å². The Morgan fingerprint density at radius 1 is 1.00 bits per heavy atom. The lowest BCUT2D eigenvalue weighted by Gasteiger charge is -2.15. The Hall–Kier alpha value is -3.01. The lowest BCUT2D eigenvalue weighted by Crippen LogP contribution is -2.08. The molecule has 4 aromatic rings. The molecule has 5 rings (SSSR count). The SMILES string of the molecule is Cc1ccc(-c2cn3nc(COc4cc(C)ccc4C(C)C)n4c3c2CCCC4)cc1. The van der Waals surface area contributed by atoms with Crippen LogP contribution in [0.25, 0.3) is 16.8 Å². The Labute approximate surface area is 184 Å². The largest absolute Gasteiger partial charge is 0.485 e. The zero-order valence-electron chi connectivity index (χ0n) is 19.0. The van der Waals surface area contributed by atoms with Gasteiger partial charge in [0.05, 0.1) is 0 Å². The molecule has 0 fully saturated rings. The number of ether oxygens (including phenoxy) is 1. The van der Waals surface area contributed by atoms with Crippen molar-refractivity contribution in [3.05, 3.63) is 76.7 Å². The fourth-order valence-corrected chi connectivity index (χ4v) is 4.71. The fourth-order valence-electron chi connectivity index (χ4n) is 4.71. The van der Waals surface area contributed by atoms with Crippen LogP contribution in [0.15, 0.2) is 48.7 Å². The third-order valence-electron chi connectivity index (χ3n) is 6.42. The van der Waals surface area contributed by atoms with E-state index < -0.39 is 0 Å². The highest BCUT2D eigenvalue weighted by atomic mass is 16.5. The van der Waals surface area contributed by atoms with Crippen LogP contribution in [0.2, 0.25) is 0 Å². The molecule has 2 aromatic heterocycles. The van der Waals surface area contributed by atoms with E-state index in [0.29, 0.717) is 12.5 Å². The van der Waals surface area contributed by atoms with Crippen molar-refractivity contribution in [2.75, 3.05) is 0 Å². The number of aryl methyl sites for hydroxylation is 4. The smallest absolute Gasteiger partial charge is 0.169 e. The zero-order chi connectivity index (χ0) is 21.5. The highest BCUT2D eigenvalue weighted by Crippen LogP contribution is 2.34. The first-order valence-electron chi connectivity index (χ1n) is 11.4. The van der Waals surface area contributed by atoms with Gasteiger partial charge in [-0.2, -0.15) is 0 Å². The van der Waals surface area contributed by atoms with Gasteiger partial charge in [0.2, 0.25) is 0 Å². The first-order chi connectivity index (χ1) is 15.0. The molecular formula is C27H31N3O. The Kier molecular flexibility index (Phi) is 5.09. The topological polar surface area (TPSA) is 31.5 Å². The minimum atomic E-state index is 0.428. The standard InChI is InChI=1S/C27H31N3O/c1-18(2)22-13-10-20(4)15-25(22)31-17-26-28-30-16-24(21-11-8-19(3)9-12-21)23-7-5-6-14-29(26)27(23)30/h8-13,15-16,18H,5-7,14,17H2,1-4H3. The first-order valence-corrected chi connectivity index (χ1v) is 11.4. The molecule has 0 unspecified atom stereocenters. The fraction of sp³-hybridized carbons (Fsp3) is 0.370. The Bertz CT molecular complexity index is 1230. The van der Waals surface area contributed by atoms with Gasteiger partial charge in [0.15, 0.2) is 5.82 Å². The Morgan fingerprint density at radius 3 is 2.55 bits per heavy atom. The molecule has 0 atom stereocenters. The first kappa shape index (κ1) is 19.9. The summed E-state index contributed by atoms with van der Waals surface area (Å²) in [7, 11) is 0. The molecule has 1 aliphatic rings. The summed E-state index contributed by atoms with van der Waals surface area (Å²) in [5.74, 6) is 2.41. The molecule has 31 heavy (non-hydrogen) atoms. The molecule has 4 nitrogen and oxygen atoms in total. The number of hydrogen-bond donors (Lipinski definition) is 0. The van der Waals surface area contributed by atoms with E-state index in [9.17, 15) is 0 Å². The van der Waals surface area contributed by atoms with Crippen LogP contribution in [0.3, 0.4) is 0 Å². The maximum Gasteiger partial charge on any atom is 0.169 e. The Balaban J connectivity index is 1.51. The second kappa shape index (κ2) is 7.92. The van der Waals surface area contributed by atoms with Crippen molar-refractivity contribution >= 4 is 5.65 Å². The molecule has 0 saturated carbocycles. The average Bonchev–Trinajstić information content (AvgIpc) is 3.16. The van der Waals surface area contributed by atoms with E-state index in [1.807, 2.05) is 0 Å². The van der Waals surface area contributed by atoms with E-state index in [1.54, 1.807) is 0 Å². The van der Waals surface area contributed by atoms with Crippen LogP contribution in [-0.2, 0) is 19.6 Å². The number of hydrogen-bond acceptors (Lipinski definition) is 2. The lowest BCUT2D eigenvalue weighted by atomic mass is 10.00. The van der Waals surface area contributed by atoms with E-state index >= 15 is 0 Å². The summed E-state index contributed by atoms with van der Waals surface area (Å²) in [6.07, 6.45) is 5.67. The van der Waals surface area contributed by atoms with Crippen LogP contribution < -0.4 is 4.74 Å². The van der Waals surface area contributed by atoms with Crippen molar-refractivity contribution in [3.8, 4) is 16.9 Å². The predicted molar refractivity (Wildman–Crippen MR) is 126 cm³/mol. The lowest BCUT2D eigenvalue weighted by molar-refractivity contribution is 0.284. The molecule has 0 amide bonds. The molecule has 0 spiro atoms. The van der Waals surface area contributed by atoms with E-state index in [0.717, 1.165) is 24.5 Å². The highest BCUT2D eigenvalue weighted by Gasteiger charge is 2.22. The third-order valence-corrected chi connectivity index (χ3v) is 6.42. The van der Waals surface area contributed by atoms with Crippen LogP contribution >= 0.6 is 0 Å². The van der Waals surface area contributed by atoms with Gasteiger partial charge in [0.25, 0.3) is 0 Å². The molecular weight excluding hydrogens is 382 g/mol. The van der Waals surface area contributed by atoms with E-state index in [2.05, 4.69) is 85.4 Å². The number of benzene rings is 2. The minimum Gasteiger partial charge on any atom is -0.485 e. The van der Waals surface area contributed by atoms with E-state index in [4.69, 9.17) is 9.84 Å². The second-order valence-electron chi connectivity index (χ2n) is 9.17. The third kappa shape index (κ3) is 3.65. The van der Waals surface area contributed by atoms with Gasteiger partial charge in [0, 0.05) is 23.9 Å². The molecule has 3 heterocycles. The van der Waals surface area contributed by atoms with E-state index in [1.165, 1.54) is 51.9 Å². The summed E-state index contributed by atoms with van der Waals surface area (Å²) >= 11 is 0. The summed E-state index contributed by atoms with van der Waals surface area (Å²) in [5.41, 5.74) is 9.00. The molecule has 2 aromatic carbocycles. The molecule has 4 heteroatoms. The quantitative estimate of drug-likeness (QED) is 0.376. The van der Waals surface area contributed by atoms with Crippen molar-refractivity contribution in [2.24, 2.45) is 0 Å². The van der Waals surface area contributed by atoms with Crippen LogP contribution in [0, 0.1) is 13.8 Å². The summed E-state index contributed by atoms with van der Waals surface area (Å²) in [5, 5.41) is 4.96. The molecule has 0 bridgehead atoms. The molecule has 160 valence electrons. The van der Waals surface area contributed by atoms with Gasteiger partial charge in [-0.15, -0.1) is 5.10 Å². The van der Waals surface area contributed by atoms with Crippen LogP contribution in [-0.4, -0.2) is 14.2 Å². The van der Waals surface area contributed by atoms with Crippen molar-refractivity contribution < 1.29 is 4.74 Å². The van der Waals surface area contributed by atoms with E-state index in [-0.39, 0.29) is 0 Å².